The molecule has 31 heavy (non-hydrogen) atoms. The molecule has 5 aromatic rings. The van der Waals surface area contributed by atoms with Gasteiger partial charge in [-0.2, -0.15) is 0 Å². The van der Waals surface area contributed by atoms with E-state index in [4.69, 9.17) is 23.2 Å². The van der Waals surface area contributed by atoms with Crippen LogP contribution in [0.3, 0.4) is 0 Å². The molecule has 2 heterocycles. The van der Waals surface area contributed by atoms with E-state index < -0.39 is 10.6 Å². The number of nitro groups is 1. The molecular weight excluding hydrogens is 439 g/mol. The van der Waals surface area contributed by atoms with Gasteiger partial charge in [0.25, 0.3) is 5.69 Å². The highest BCUT2D eigenvalue weighted by Gasteiger charge is 2.21. The fourth-order valence-electron chi connectivity index (χ4n) is 3.69. The topological polar surface area (TPSA) is 83.0 Å². The Balaban J connectivity index is 1.98. The molecule has 0 bridgehead atoms. The van der Waals surface area contributed by atoms with Crippen LogP contribution >= 0.6 is 23.2 Å². The predicted octanol–water partition coefficient (Wildman–Crippen LogP) is 5.54. The lowest BCUT2D eigenvalue weighted by molar-refractivity contribution is -0.384. The summed E-state index contributed by atoms with van der Waals surface area (Å²) < 4.78 is 2.87. The van der Waals surface area contributed by atoms with Gasteiger partial charge >= 0.3 is 5.69 Å². The summed E-state index contributed by atoms with van der Waals surface area (Å²) in [5.74, 6) is 0. The number of hydrogen-bond acceptors (Lipinski definition) is 4. The van der Waals surface area contributed by atoms with Crippen LogP contribution < -0.4 is 5.69 Å². The van der Waals surface area contributed by atoms with Crippen LogP contribution in [0.1, 0.15) is 0 Å². The molecule has 2 aromatic heterocycles. The molecule has 0 saturated carbocycles. The average Bonchev–Trinajstić information content (AvgIpc) is 3.06. The van der Waals surface area contributed by atoms with Crippen LogP contribution in [-0.2, 0) is 0 Å². The number of benzene rings is 3. The third kappa shape index (κ3) is 3.06. The van der Waals surface area contributed by atoms with Gasteiger partial charge in [-0.15, -0.1) is 0 Å². The number of pyridine rings is 1. The third-order valence-electron chi connectivity index (χ3n) is 5.02. The number of para-hydroxylation sites is 1. The van der Waals surface area contributed by atoms with E-state index in [1.54, 1.807) is 54.7 Å². The lowest BCUT2D eigenvalue weighted by Crippen LogP contribution is -2.22. The Morgan fingerprint density at radius 1 is 0.935 bits per heavy atom. The first-order chi connectivity index (χ1) is 15.0. The molecule has 7 nitrogen and oxygen atoms in total. The Hall–Kier alpha value is -3.68. The molecule has 152 valence electrons. The molecule has 0 unspecified atom stereocenters. The molecule has 0 fully saturated rings. The van der Waals surface area contributed by atoms with Gasteiger partial charge in [-0.3, -0.25) is 24.2 Å². The lowest BCUT2D eigenvalue weighted by Gasteiger charge is -2.07. The van der Waals surface area contributed by atoms with Crippen LogP contribution in [0.4, 0.5) is 5.69 Å². The Morgan fingerprint density at radius 3 is 2.52 bits per heavy atom. The Kier molecular flexibility index (Phi) is 4.50. The number of aromatic nitrogens is 3. The molecule has 0 atom stereocenters. The Morgan fingerprint density at radius 2 is 1.74 bits per heavy atom. The molecule has 3 aromatic carbocycles. The van der Waals surface area contributed by atoms with Crippen LogP contribution in [0.15, 0.2) is 77.7 Å². The van der Waals surface area contributed by atoms with Gasteiger partial charge < -0.3 is 0 Å². The Bertz CT molecular complexity index is 1570. The summed E-state index contributed by atoms with van der Waals surface area (Å²) in [5.41, 5.74) is 1.94. The molecule has 0 aliphatic carbocycles. The smallest absolute Gasteiger partial charge is 0.258 e. The Labute approximate surface area is 184 Å². The highest BCUT2D eigenvalue weighted by atomic mass is 35.5. The maximum atomic E-state index is 13.7. The van der Waals surface area contributed by atoms with Crippen molar-refractivity contribution in [3.05, 3.63) is 104 Å². The summed E-state index contributed by atoms with van der Waals surface area (Å²) in [6.45, 7) is 0. The molecule has 0 amide bonds. The predicted molar refractivity (Wildman–Crippen MR) is 121 cm³/mol. The standard InChI is InChI=1S/C22H12Cl2N4O3/c23-13-8-9-18-16(10-13)21-20(12-25-18)26(14-4-3-5-15(11-14)28(30)31)22(29)27(21)19-7-2-1-6-17(19)24/h1-12H. The summed E-state index contributed by atoms with van der Waals surface area (Å²) in [7, 11) is 0. The van der Waals surface area contributed by atoms with E-state index in [1.165, 1.54) is 27.3 Å². The molecule has 0 aliphatic rings. The summed E-state index contributed by atoms with van der Waals surface area (Å²) in [4.78, 5) is 28.9. The highest BCUT2D eigenvalue weighted by Crippen LogP contribution is 2.31. The van der Waals surface area contributed by atoms with Gasteiger partial charge in [0.2, 0.25) is 0 Å². The van der Waals surface area contributed by atoms with Crippen LogP contribution in [0.2, 0.25) is 10.0 Å². The van der Waals surface area contributed by atoms with Crippen LogP contribution in [0, 0.1) is 10.1 Å². The van der Waals surface area contributed by atoms with Gasteiger partial charge in [0.05, 0.1) is 44.1 Å². The summed E-state index contributed by atoms with van der Waals surface area (Å²) in [6.07, 6.45) is 1.57. The largest absolute Gasteiger partial charge is 0.338 e. The van der Waals surface area contributed by atoms with Gasteiger partial charge in [-0.1, -0.05) is 41.4 Å². The summed E-state index contributed by atoms with van der Waals surface area (Å²) >= 11 is 12.7. The van der Waals surface area contributed by atoms with E-state index >= 15 is 0 Å². The zero-order valence-electron chi connectivity index (χ0n) is 15.7. The molecule has 0 radical (unpaired) electrons. The van der Waals surface area contributed by atoms with E-state index in [0.717, 1.165) is 0 Å². The monoisotopic (exact) mass is 450 g/mol. The maximum absolute atomic E-state index is 13.7. The average molecular weight is 451 g/mol. The van der Waals surface area contributed by atoms with Gasteiger partial charge in [-0.05, 0) is 36.4 Å². The number of rotatable bonds is 3. The van der Waals surface area contributed by atoms with E-state index in [0.29, 0.717) is 43.4 Å². The van der Waals surface area contributed by atoms with Crippen molar-refractivity contribution in [1.82, 2.24) is 14.1 Å². The number of halogens is 2. The van der Waals surface area contributed by atoms with Crippen molar-refractivity contribution in [3.8, 4) is 11.4 Å². The zero-order valence-corrected chi connectivity index (χ0v) is 17.2. The first-order valence-corrected chi connectivity index (χ1v) is 9.93. The van der Waals surface area contributed by atoms with Crippen molar-refractivity contribution < 1.29 is 4.92 Å². The van der Waals surface area contributed by atoms with Gasteiger partial charge in [-0.25, -0.2) is 4.79 Å². The van der Waals surface area contributed by atoms with Crippen molar-refractivity contribution in [2.24, 2.45) is 0 Å². The van der Waals surface area contributed by atoms with Crippen LogP contribution in [0.5, 0.6) is 0 Å². The number of fused-ring (bicyclic) bond motifs is 3. The van der Waals surface area contributed by atoms with E-state index in [1.807, 2.05) is 0 Å². The molecule has 0 aliphatic heterocycles. The number of nitro benzene ring substituents is 1. The van der Waals surface area contributed by atoms with Crippen LogP contribution in [-0.4, -0.2) is 19.0 Å². The zero-order chi connectivity index (χ0) is 21.7. The summed E-state index contributed by atoms with van der Waals surface area (Å²) in [6, 6.07) is 18.1. The van der Waals surface area contributed by atoms with E-state index in [-0.39, 0.29) is 5.69 Å². The minimum Gasteiger partial charge on any atom is -0.258 e. The number of hydrogen-bond donors (Lipinski definition) is 0. The second-order valence-electron chi connectivity index (χ2n) is 6.84. The first-order valence-electron chi connectivity index (χ1n) is 9.17. The van der Waals surface area contributed by atoms with Crippen molar-refractivity contribution in [2.45, 2.75) is 0 Å². The molecule has 9 heteroatoms. The third-order valence-corrected chi connectivity index (χ3v) is 5.58. The quantitative estimate of drug-likeness (QED) is 0.266. The second kappa shape index (κ2) is 7.23. The highest BCUT2D eigenvalue weighted by molar-refractivity contribution is 6.33. The van der Waals surface area contributed by atoms with E-state index in [9.17, 15) is 14.9 Å². The number of nitrogens with zero attached hydrogens (tertiary/aromatic N) is 4. The molecule has 0 N–H and O–H groups in total. The van der Waals surface area contributed by atoms with Crippen LogP contribution in [0.25, 0.3) is 33.3 Å². The van der Waals surface area contributed by atoms with Crippen molar-refractivity contribution in [1.29, 1.82) is 0 Å². The molecule has 5 rings (SSSR count). The fraction of sp³-hybridized carbons (Fsp3) is 0. The first kappa shape index (κ1) is 19.3. The molecule has 0 spiro atoms. The molecular formula is C22H12Cl2N4O3. The van der Waals surface area contributed by atoms with Crippen molar-refractivity contribution in [2.75, 3.05) is 0 Å². The van der Waals surface area contributed by atoms with E-state index in [2.05, 4.69) is 4.98 Å². The van der Waals surface area contributed by atoms with Gasteiger partial charge in [0, 0.05) is 22.5 Å². The maximum Gasteiger partial charge on any atom is 0.338 e. The lowest BCUT2D eigenvalue weighted by atomic mass is 10.2. The SMILES string of the molecule is O=c1n(-c2cccc([N+](=O)[O-])c2)c2cnc3ccc(Cl)cc3c2n1-c1ccccc1Cl. The number of non-ortho nitro benzene ring substituents is 1. The number of imidazole rings is 1. The van der Waals surface area contributed by atoms with Crippen molar-refractivity contribution in [3.63, 3.8) is 0 Å². The van der Waals surface area contributed by atoms with Crippen molar-refractivity contribution >= 4 is 50.8 Å². The van der Waals surface area contributed by atoms with Gasteiger partial charge in [0.15, 0.2) is 0 Å². The minimum atomic E-state index is -0.505. The summed E-state index contributed by atoms with van der Waals surface area (Å²) in [5, 5.41) is 12.8. The second-order valence-corrected chi connectivity index (χ2v) is 7.68. The minimum absolute atomic E-state index is 0.125. The fourth-order valence-corrected chi connectivity index (χ4v) is 4.08. The normalized spacial score (nSPS) is 11.3. The van der Waals surface area contributed by atoms with Gasteiger partial charge in [0.1, 0.15) is 0 Å². The molecule has 0 saturated heterocycles.